The zero-order chi connectivity index (χ0) is 13.0. The Kier molecular flexibility index (Phi) is 4.66. The molecule has 18 heavy (non-hydrogen) atoms. The lowest BCUT2D eigenvalue weighted by Gasteiger charge is -2.18. The molecule has 0 spiro atoms. The van der Waals surface area contributed by atoms with Crippen molar-refractivity contribution in [1.82, 2.24) is 0 Å². The van der Waals surface area contributed by atoms with E-state index in [0.29, 0.717) is 0 Å². The third kappa shape index (κ3) is 3.50. The van der Waals surface area contributed by atoms with E-state index in [4.69, 9.17) is 9.47 Å². The second-order valence-electron chi connectivity index (χ2n) is 3.66. The molecule has 2 aromatic carbocycles. The Hall–Kier alpha value is -1.00. The Bertz CT molecular complexity index is 481. The zero-order valence-corrected chi connectivity index (χ0v) is 12.9. The molecular weight excluding hydrogens is 360 g/mol. The summed E-state index contributed by atoms with van der Waals surface area (Å²) in [5.41, 5.74) is 0. The lowest BCUT2D eigenvalue weighted by atomic mass is 10.3. The topological polar surface area (TPSA) is 18.5 Å². The van der Waals surface area contributed by atoms with Crippen LogP contribution in [-0.4, -0.2) is 6.29 Å². The number of hydrogen-bond acceptors (Lipinski definition) is 2. The predicted octanol–water partition coefficient (Wildman–Crippen LogP) is 5.02. The molecule has 0 unspecified atom stereocenters. The van der Waals surface area contributed by atoms with Crippen molar-refractivity contribution in [2.45, 2.75) is 13.2 Å². The molecule has 94 valence electrons. The van der Waals surface area contributed by atoms with Crippen LogP contribution in [0.5, 0.6) is 11.5 Å². The van der Waals surface area contributed by atoms with E-state index in [1.54, 1.807) is 0 Å². The van der Waals surface area contributed by atoms with Crippen LogP contribution in [0.1, 0.15) is 6.92 Å². The van der Waals surface area contributed by atoms with Crippen LogP contribution in [0.2, 0.25) is 0 Å². The fourth-order valence-corrected chi connectivity index (χ4v) is 2.22. The summed E-state index contributed by atoms with van der Waals surface area (Å²) in [7, 11) is 0. The van der Waals surface area contributed by atoms with Gasteiger partial charge in [0.05, 0.1) is 8.95 Å². The summed E-state index contributed by atoms with van der Waals surface area (Å²) in [5.74, 6) is 1.52. The summed E-state index contributed by atoms with van der Waals surface area (Å²) < 4.78 is 13.2. The zero-order valence-electron chi connectivity index (χ0n) is 9.77. The van der Waals surface area contributed by atoms with Gasteiger partial charge in [0.15, 0.2) is 0 Å². The van der Waals surface area contributed by atoms with Gasteiger partial charge >= 0.3 is 0 Å². The van der Waals surface area contributed by atoms with Crippen LogP contribution < -0.4 is 9.47 Å². The van der Waals surface area contributed by atoms with E-state index in [2.05, 4.69) is 31.9 Å². The van der Waals surface area contributed by atoms with Crippen LogP contribution in [-0.2, 0) is 0 Å². The van der Waals surface area contributed by atoms with Crippen molar-refractivity contribution in [1.29, 1.82) is 0 Å². The molecule has 0 fully saturated rings. The van der Waals surface area contributed by atoms with Crippen molar-refractivity contribution in [3.63, 3.8) is 0 Å². The van der Waals surface area contributed by atoms with Gasteiger partial charge in [0.1, 0.15) is 11.5 Å². The number of ether oxygens (including phenoxy) is 2. The van der Waals surface area contributed by atoms with Gasteiger partial charge in [-0.2, -0.15) is 0 Å². The summed E-state index contributed by atoms with van der Waals surface area (Å²) in [6.07, 6.45) is -0.373. The monoisotopic (exact) mass is 370 g/mol. The SMILES string of the molecule is CC(Oc1ccccc1Br)Oc1ccccc1Br. The molecule has 0 aliphatic carbocycles. The molecule has 0 amide bonds. The van der Waals surface area contributed by atoms with Crippen LogP contribution in [0, 0.1) is 0 Å². The first-order chi connectivity index (χ1) is 8.66. The van der Waals surface area contributed by atoms with Crippen LogP contribution in [0.25, 0.3) is 0 Å². The van der Waals surface area contributed by atoms with Crippen molar-refractivity contribution in [2.24, 2.45) is 0 Å². The van der Waals surface area contributed by atoms with E-state index in [1.165, 1.54) is 0 Å². The number of para-hydroxylation sites is 2. The smallest absolute Gasteiger partial charge is 0.238 e. The molecule has 2 aromatic rings. The van der Waals surface area contributed by atoms with Crippen molar-refractivity contribution >= 4 is 31.9 Å². The molecule has 0 saturated carbocycles. The highest BCUT2D eigenvalue weighted by atomic mass is 79.9. The summed E-state index contributed by atoms with van der Waals surface area (Å²) in [5, 5.41) is 0. The third-order valence-electron chi connectivity index (χ3n) is 2.26. The molecule has 0 N–H and O–H groups in total. The van der Waals surface area contributed by atoms with Crippen molar-refractivity contribution in [3.05, 3.63) is 57.5 Å². The molecule has 0 heterocycles. The number of rotatable bonds is 4. The maximum absolute atomic E-state index is 5.71. The van der Waals surface area contributed by atoms with Crippen molar-refractivity contribution < 1.29 is 9.47 Å². The van der Waals surface area contributed by atoms with Gasteiger partial charge in [-0.3, -0.25) is 0 Å². The molecule has 0 bridgehead atoms. The maximum Gasteiger partial charge on any atom is 0.238 e. The van der Waals surface area contributed by atoms with Gasteiger partial charge in [-0.05, 0) is 56.1 Å². The lowest BCUT2D eigenvalue weighted by Crippen LogP contribution is -2.19. The summed E-state index contributed by atoms with van der Waals surface area (Å²) >= 11 is 6.87. The molecular formula is C14H12Br2O2. The molecule has 0 aliphatic heterocycles. The van der Waals surface area contributed by atoms with E-state index in [-0.39, 0.29) is 6.29 Å². The Morgan fingerprint density at radius 1 is 0.778 bits per heavy atom. The average molecular weight is 372 g/mol. The fraction of sp³-hybridized carbons (Fsp3) is 0.143. The van der Waals surface area contributed by atoms with Crippen LogP contribution in [0.3, 0.4) is 0 Å². The van der Waals surface area contributed by atoms with Gasteiger partial charge in [0, 0.05) is 6.92 Å². The molecule has 0 aromatic heterocycles. The molecule has 0 radical (unpaired) electrons. The van der Waals surface area contributed by atoms with Crippen LogP contribution >= 0.6 is 31.9 Å². The summed E-state index contributed by atoms with van der Waals surface area (Å²) in [6, 6.07) is 15.4. The van der Waals surface area contributed by atoms with Crippen LogP contribution in [0.15, 0.2) is 57.5 Å². The van der Waals surface area contributed by atoms with Crippen LogP contribution in [0.4, 0.5) is 0 Å². The van der Waals surface area contributed by atoms with E-state index in [0.717, 1.165) is 20.4 Å². The maximum atomic E-state index is 5.71. The van der Waals surface area contributed by atoms with Gasteiger partial charge in [0.25, 0.3) is 0 Å². The fourth-order valence-electron chi connectivity index (χ4n) is 1.46. The molecule has 0 aliphatic rings. The summed E-state index contributed by atoms with van der Waals surface area (Å²) in [6.45, 7) is 1.86. The molecule has 0 saturated heterocycles. The normalized spacial score (nSPS) is 10.4. The number of benzene rings is 2. The van der Waals surface area contributed by atoms with Crippen molar-refractivity contribution in [2.75, 3.05) is 0 Å². The Balaban J connectivity index is 2.04. The lowest BCUT2D eigenvalue weighted by molar-refractivity contribution is 0.0211. The third-order valence-corrected chi connectivity index (χ3v) is 3.57. The number of hydrogen-bond donors (Lipinski definition) is 0. The molecule has 0 atom stereocenters. The van der Waals surface area contributed by atoms with Gasteiger partial charge in [0.2, 0.25) is 6.29 Å². The minimum Gasteiger partial charge on any atom is -0.454 e. The first-order valence-corrected chi connectivity index (χ1v) is 7.08. The highest BCUT2D eigenvalue weighted by Gasteiger charge is 2.09. The second-order valence-corrected chi connectivity index (χ2v) is 5.37. The summed E-state index contributed by atoms with van der Waals surface area (Å²) in [4.78, 5) is 0. The van der Waals surface area contributed by atoms with Gasteiger partial charge in [-0.15, -0.1) is 0 Å². The van der Waals surface area contributed by atoms with E-state index < -0.39 is 0 Å². The van der Waals surface area contributed by atoms with Gasteiger partial charge in [-0.1, -0.05) is 24.3 Å². The first kappa shape index (κ1) is 13.4. The minimum atomic E-state index is -0.373. The van der Waals surface area contributed by atoms with Crippen molar-refractivity contribution in [3.8, 4) is 11.5 Å². The molecule has 2 nitrogen and oxygen atoms in total. The van der Waals surface area contributed by atoms with E-state index in [9.17, 15) is 0 Å². The average Bonchev–Trinajstić information content (AvgIpc) is 2.35. The Morgan fingerprint density at radius 3 is 1.56 bits per heavy atom. The highest BCUT2D eigenvalue weighted by molar-refractivity contribution is 9.10. The predicted molar refractivity (Wildman–Crippen MR) is 79.0 cm³/mol. The van der Waals surface area contributed by atoms with E-state index >= 15 is 0 Å². The molecule has 4 heteroatoms. The van der Waals surface area contributed by atoms with Gasteiger partial charge in [-0.25, -0.2) is 0 Å². The quantitative estimate of drug-likeness (QED) is 0.703. The first-order valence-electron chi connectivity index (χ1n) is 5.49. The highest BCUT2D eigenvalue weighted by Crippen LogP contribution is 2.28. The minimum absolute atomic E-state index is 0.373. The second kappa shape index (κ2) is 6.25. The van der Waals surface area contributed by atoms with E-state index in [1.807, 2.05) is 55.5 Å². The Labute approximate surface area is 123 Å². The Morgan fingerprint density at radius 2 is 1.17 bits per heavy atom. The molecule has 2 rings (SSSR count). The number of halogens is 2. The van der Waals surface area contributed by atoms with Gasteiger partial charge < -0.3 is 9.47 Å². The largest absolute Gasteiger partial charge is 0.454 e. The standard InChI is InChI=1S/C14H12Br2O2/c1-10(17-13-8-4-2-6-11(13)15)18-14-9-5-3-7-12(14)16/h2-10H,1H3.